The van der Waals surface area contributed by atoms with Crippen LogP contribution < -0.4 is 5.32 Å². The minimum atomic E-state index is -3.66. The average Bonchev–Trinajstić information content (AvgIpc) is 3.24. The lowest BCUT2D eigenvalue weighted by Gasteiger charge is -2.22. The van der Waals surface area contributed by atoms with Crippen LogP contribution in [0.4, 0.5) is 5.69 Å². The molecule has 0 saturated carbocycles. The first-order valence-corrected chi connectivity index (χ1v) is 10.1. The quantitative estimate of drug-likeness (QED) is 0.837. The molecule has 1 aromatic carbocycles. The number of thiophene rings is 1. The fraction of sp³-hybridized carbons (Fsp3) is 0.278. The lowest BCUT2D eigenvalue weighted by atomic mass is 10.2. The summed E-state index contributed by atoms with van der Waals surface area (Å²) in [5.41, 5.74) is 1.22. The Bertz CT molecular complexity index is 941. The first-order valence-electron chi connectivity index (χ1n) is 7.87. The van der Waals surface area contributed by atoms with Gasteiger partial charge in [-0.25, -0.2) is 8.42 Å². The minimum absolute atomic E-state index is 0.277. The Hall–Kier alpha value is -2.14. The lowest BCUT2D eigenvalue weighted by molar-refractivity contribution is -0.119. The molecule has 130 valence electrons. The summed E-state index contributed by atoms with van der Waals surface area (Å²) in [5, 5.41) is 2.78. The molecule has 0 radical (unpaired) electrons. The number of hydrogen-bond donors (Lipinski definition) is 1. The van der Waals surface area contributed by atoms with Crippen LogP contribution in [0.1, 0.15) is 23.3 Å². The van der Waals surface area contributed by atoms with Gasteiger partial charge in [-0.15, -0.1) is 17.8 Å². The third-order valence-corrected chi connectivity index (χ3v) is 7.46. The number of hydrogen-bond acceptors (Lipinski definition) is 4. The number of nitrogens with zero attached hydrogens (tertiary/aromatic N) is 1. The number of nitrogens with one attached hydrogen (secondary N) is 1. The number of carbonyl (C=O) groups excluding carboxylic acids is 1. The number of anilines is 1. The predicted octanol–water partition coefficient (Wildman–Crippen LogP) is 2.83. The van der Waals surface area contributed by atoms with E-state index in [-0.39, 0.29) is 10.1 Å². The summed E-state index contributed by atoms with van der Waals surface area (Å²) in [4.78, 5) is 13.6. The first kappa shape index (κ1) is 17.7. The third-order valence-electron chi connectivity index (χ3n) is 4.08. The van der Waals surface area contributed by atoms with E-state index in [1.54, 1.807) is 36.4 Å². The second-order valence-corrected chi connectivity index (χ2v) is 9.26. The molecule has 7 heteroatoms. The molecule has 2 heterocycles. The van der Waals surface area contributed by atoms with Crippen LogP contribution in [0.25, 0.3) is 0 Å². The molecule has 0 bridgehead atoms. The first-order chi connectivity index (χ1) is 11.9. The van der Waals surface area contributed by atoms with E-state index in [0.29, 0.717) is 30.6 Å². The Morgan fingerprint density at radius 3 is 2.84 bits per heavy atom. The van der Waals surface area contributed by atoms with Crippen LogP contribution in [0.2, 0.25) is 0 Å². The predicted molar refractivity (Wildman–Crippen MR) is 99.0 cm³/mol. The normalized spacial score (nSPS) is 18.0. The molecule has 1 fully saturated rings. The van der Waals surface area contributed by atoms with Gasteiger partial charge in [0.05, 0.1) is 0 Å². The Morgan fingerprint density at radius 1 is 1.36 bits per heavy atom. The average molecular weight is 374 g/mol. The van der Waals surface area contributed by atoms with Crippen molar-refractivity contribution in [1.82, 2.24) is 4.31 Å². The number of aryl methyl sites for hydroxylation is 1. The Balaban J connectivity index is 1.81. The summed E-state index contributed by atoms with van der Waals surface area (Å²) in [6.07, 6.45) is 6.53. The van der Waals surface area contributed by atoms with Crippen LogP contribution in [0.15, 0.2) is 40.6 Å². The molecule has 0 spiro atoms. The maximum absolute atomic E-state index is 12.8. The van der Waals surface area contributed by atoms with Crippen LogP contribution in [-0.4, -0.2) is 31.2 Å². The molecule has 0 aliphatic carbocycles. The molecule has 1 aromatic heterocycles. The van der Waals surface area contributed by atoms with Crippen molar-refractivity contribution in [1.29, 1.82) is 0 Å². The highest BCUT2D eigenvalue weighted by Gasteiger charge is 2.40. The van der Waals surface area contributed by atoms with Gasteiger partial charge in [0.25, 0.3) is 10.0 Å². The van der Waals surface area contributed by atoms with Crippen molar-refractivity contribution in [3.63, 3.8) is 0 Å². The molecule has 1 atom stereocenters. The maximum atomic E-state index is 12.8. The fourth-order valence-corrected chi connectivity index (χ4v) is 5.94. The second kappa shape index (κ2) is 7.00. The molecular formula is C18H18N2O3S2. The molecule has 25 heavy (non-hydrogen) atoms. The van der Waals surface area contributed by atoms with Crippen LogP contribution in [-0.2, 0) is 14.8 Å². The Kier molecular flexibility index (Phi) is 4.95. The highest BCUT2D eigenvalue weighted by atomic mass is 32.2. The van der Waals surface area contributed by atoms with E-state index in [1.807, 2.05) is 6.92 Å². The number of sulfonamides is 1. The van der Waals surface area contributed by atoms with Crippen molar-refractivity contribution < 1.29 is 13.2 Å². The van der Waals surface area contributed by atoms with Gasteiger partial charge < -0.3 is 5.32 Å². The summed E-state index contributed by atoms with van der Waals surface area (Å²) in [5.74, 6) is 2.18. The zero-order valence-electron chi connectivity index (χ0n) is 13.7. The van der Waals surface area contributed by atoms with Gasteiger partial charge in [-0.1, -0.05) is 12.0 Å². The molecule has 1 aliphatic heterocycles. The number of carbonyl (C=O) groups is 1. The third kappa shape index (κ3) is 3.61. The van der Waals surface area contributed by atoms with Crippen molar-refractivity contribution in [3.8, 4) is 12.3 Å². The van der Waals surface area contributed by atoms with Gasteiger partial charge in [-0.3, -0.25) is 4.79 Å². The van der Waals surface area contributed by atoms with E-state index < -0.39 is 16.1 Å². The topological polar surface area (TPSA) is 66.5 Å². The monoisotopic (exact) mass is 374 g/mol. The minimum Gasteiger partial charge on any atom is -0.325 e. The molecule has 1 amide bonds. The van der Waals surface area contributed by atoms with Gasteiger partial charge in [0, 0.05) is 22.7 Å². The number of terminal acetylenes is 1. The van der Waals surface area contributed by atoms with Crippen LogP contribution in [0.3, 0.4) is 0 Å². The van der Waals surface area contributed by atoms with Gasteiger partial charge >= 0.3 is 0 Å². The van der Waals surface area contributed by atoms with Crippen molar-refractivity contribution in [3.05, 3.63) is 46.8 Å². The van der Waals surface area contributed by atoms with Gasteiger partial charge in [0.2, 0.25) is 5.91 Å². The summed E-state index contributed by atoms with van der Waals surface area (Å²) in [6.45, 7) is 2.21. The van der Waals surface area contributed by atoms with Gasteiger partial charge in [0.15, 0.2) is 0 Å². The van der Waals surface area contributed by atoms with Crippen LogP contribution in [0.5, 0.6) is 0 Å². The standard InChI is InChI=1S/C18H18N2O3S2/c1-3-14-6-4-7-15(12-14)19-18(21)16-8-5-11-20(16)25(22,23)17-10-9-13(2)24-17/h1,4,6-7,9-10,12,16H,5,8,11H2,2H3,(H,19,21). The molecule has 1 saturated heterocycles. The summed E-state index contributed by atoms with van der Waals surface area (Å²) in [7, 11) is -3.66. The summed E-state index contributed by atoms with van der Waals surface area (Å²) >= 11 is 1.22. The van der Waals surface area contributed by atoms with E-state index in [1.165, 1.54) is 15.6 Å². The molecule has 1 aliphatic rings. The molecule has 1 N–H and O–H groups in total. The van der Waals surface area contributed by atoms with Gasteiger partial charge in [-0.05, 0) is 50.1 Å². The van der Waals surface area contributed by atoms with Crippen molar-refractivity contribution >= 4 is 33.0 Å². The molecule has 5 nitrogen and oxygen atoms in total. The van der Waals surface area contributed by atoms with Crippen molar-refractivity contribution in [2.24, 2.45) is 0 Å². The number of rotatable bonds is 4. The highest BCUT2D eigenvalue weighted by molar-refractivity contribution is 7.91. The summed E-state index contributed by atoms with van der Waals surface area (Å²) < 4.78 is 27.3. The van der Waals surface area contributed by atoms with Crippen molar-refractivity contribution in [2.45, 2.75) is 30.0 Å². The summed E-state index contributed by atoms with van der Waals surface area (Å²) in [6, 6.07) is 9.60. The zero-order valence-corrected chi connectivity index (χ0v) is 15.4. The largest absolute Gasteiger partial charge is 0.325 e. The van der Waals surface area contributed by atoms with Crippen LogP contribution in [0, 0.1) is 19.3 Å². The SMILES string of the molecule is C#Cc1cccc(NC(=O)C2CCCN2S(=O)(=O)c2ccc(C)s2)c1. The highest BCUT2D eigenvalue weighted by Crippen LogP contribution is 2.30. The Labute approximate surface area is 151 Å². The lowest BCUT2D eigenvalue weighted by Crippen LogP contribution is -2.42. The van der Waals surface area contributed by atoms with E-state index in [4.69, 9.17) is 6.42 Å². The Morgan fingerprint density at radius 2 is 2.16 bits per heavy atom. The smallest absolute Gasteiger partial charge is 0.253 e. The van der Waals surface area contributed by atoms with E-state index in [2.05, 4.69) is 11.2 Å². The van der Waals surface area contributed by atoms with Gasteiger partial charge in [0.1, 0.15) is 10.3 Å². The zero-order chi connectivity index (χ0) is 18.0. The molecular weight excluding hydrogens is 356 g/mol. The van der Waals surface area contributed by atoms with E-state index in [9.17, 15) is 13.2 Å². The molecule has 1 unspecified atom stereocenters. The van der Waals surface area contributed by atoms with E-state index in [0.717, 1.165) is 4.88 Å². The van der Waals surface area contributed by atoms with Gasteiger partial charge in [-0.2, -0.15) is 4.31 Å². The number of amides is 1. The molecule has 2 aromatic rings. The fourth-order valence-electron chi connectivity index (χ4n) is 2.87. The van der Waals surface area contributed by atoms with Crippen LogP contribution >= 0.6 is 11.3 Å². The van der Waals surface area contributed by atoms with Crippen molar-refractivity contribution in [2.75, 3.05) is 11.9 Å². The number of benzene rings is 1. The second-order valence-electron chi connectivity index (χ2n) is 5.85. The maximum Gasteiger partial charge on any atom is 0.253 e. The van der Waals surface area contributed by atoms with E-state index >= 15 is 0 Å². The molecule has 3 rings (SSSR count).